The van der Waals surface area contributed by atoms with Gasteiger partial charge in [0.2, 0.25) is 0 Å². The van der Waals surface area contributed by atoms with Gasteiger partial charge in [-0.2, -0.15) is 0 Å². The van der Waals surface area contributed by atoms with E-state index in [4.69, 9.17) is 0 Å². The second-order valence-corrected chi connectivity index (χ2v) is 3.75. The van der Waals surface area contributed by atoms with Gasteiger partial charge in [-0.25, -0.2) is 9.37 Å². The molecule has 1 amide bonds. The molecular weight excluding hydrogens is 247 g/mol. The number of aromatic nitrogens is 2. The highest BCUT2D eigenvalue weighted by molar-refractivity contribution is 5.94. The lowest BCUT2D eigenvalue weighted by Gasteiger charge is -2.07. The van der Waals surface area contributed by atoms with Crippen molar-refractivity contribution in [3.8, 4) is 0 Å². The summed E-state index contributed by atoms with van der Waals surface area (Å²) in [5, 5.41) is 5.60. The zero-order valence-electron chi connectivity index (χ0n) is 10.1. The molecule has 1 aromatic carbocycles. The van der Waals surface area contributed by atoms with Crippen LogP contribution < -0.4 is 10.6 Å². The zero-order valence-corrected chi connectivity index (χ0v) is 10.1. The van der Waals surface area contributed by atoms with Crippen LogP contribution in [0.3, 0.4) is 0 Å². The Morgan fingerprint density at radius 2 is 2.05 bits per heavy atom. The fraction of sp³-hybridized carbons (Fsp3) is 0.154. The van der Waals surface area contributed by atoms with Crippen LogP contribution in [0.2, 0.25) is 0 Å². The maximum atomic E-state index is 13.3. The highest BCUT2D eigenvalue weighted by Crippen LogP contribution is 2.05. The number of nitrogens with zero attached hydrogens (tertiary/aromatic N) is 2. The van der Waals surface area contributed by atoms with Crippen molar-refractivity contribution >= 4 is 11.7 Å². The average Bonchev–Trinajstić information content (AvgIpc) is 2.45. The monoisotopic (exact) mass is 260 g/mol. The van der Waals surface area contributed by atoms with Gasteiger partial charge in [-0.1, -0.05) is 12.1 Å². The van der Waals surface area contributed by atoms with E-state index >= 15 is 0 Å². The third-order valence-electron chi connectivity index (χ3n) is 2.40. The van der Waals surface area contributed by atoms with Crippen molar-refractivity contribution in [2.75, 3.05) is 18.4 Å². The third-order valence-corrected chi connectivity index (χ3v) is 2.40. The molecule has 5 nitrogen and oxygen atoms in total. The van der Waals surface area contributed by atoms with Crippen LogP contribution in [0, 0.1) is 5.82 Å². The van der Waals surface area contributed by atoms with Crippen LogP contribution in [0.15, 0.2) is 42.9 Å². The van der Waals surface area contributed by atoms with Gasteiger partial charge in [0.15, 0.2) is 0 Å². The summed E-state index contributed by atoms with van der Waals surface area (Å²) >= 11 is 0. The summed E-state index contributed by atoms with van der Waals surface area (Å²) in [4.78, 5) is 19.6. The third kappa shape index (κ3) is 3.74. The second kappa shape index (κ2) is 6.44. The molecule has 2 aromatic rings. The Hall–Kier alpha value is -2.50. The molecule has 0 unspecified atom stereocenters. The van der Waals surface area contributed by atoms with Crippen molar-refractivity contribution in [3.05, 3.63) is 54.2 Å². The number of hydrogen-bond donors (Lipinski definition) is 2. The molecule has 0 atom stereocenters. The van der Waals surface area contributed by atoms with E-state index in [1.165, 1.54) is 12.1 Å². The summed E-state index contributed by atoms with van der Waals surface area (Å²) in [5.74, 6) is -0.330. The molecule has 0 bridgehead atoms. The lowest BCUT2D eigenvalue weighted by atomic mass is 10.2. The summed E-state index contributed by atoms with van der Waals surface area (Å²) < 4.78 is 13.3. The van der Waals surface area contributed by atoms with Crippen molar-refractivity contribution in [3.63, 3.8) is 0 Å². The molecule has 0 saturated carbocycles. The smallest absolute Gasteiger partial charge is 0.254 e. The molecule has 6 heteroatoms. The van der Waals surface area contributed by atoms with Crippen molar-refractivity contribution in [1.82, 2.24) is 15.3 Å². The van der Waals surface area contributed by atoms with E-state index in [2.05, 4.69) is 20.6 Å². The Kier molecular flexibility index (Phi) is 4.39. The number of halogens is 1. The van der Waals surface area contributed by atoms with Crippen molar-refractivity contribution < 1.29 is 9.18 Å². The minimum absolute atomic E-state index is 0.0435. The molecule has 0 fully saturated rings. The molecule has 98 valence electrons. The van der Waals surface area contributed by atoms with E-state index in [-0.39, 0.29) is 5.56 Å². The first-order chi connectivity index (χ1) is 9.27. The Balaban J connectivity index is 1.77. The summed E-state index contributed by atoms with van der Waals surface area (Å²) in [7, 11) is 0. The van der Waals surface area contributed by atoms with Gasteiger partial charge in [-0.3, -0.25) is 9.78 Å². The SMILES string of the molecule is O=C(NCCNc1cnccn1)c1ccccc1F. The maximum Gasteiger partial charge on any atom is 0.254 e. The van der Waals surface area contributed by atoms with E-state index in [0.29, 0.717) is 18.9 Å². The molecule has 2 N–H and O–H groups in total. The fourth-order valence-electron chi connectivity index (χ4n) is 1.50. The van der Waals surface area contributed by atoms with Gasteiger partial charge < -0.3 is 10.6 Å². The van der Waals surface area contributed by atoms with Crippen LogP contribution >= 0.6 is 0 Å². The normalized spacial score (nSPS) is 9.95. The van der Waals surface area contributed by atoms with Crippen LogP contribution in [0.5, 0.6) is 0 Å². The van der Waals surface area contributed by atoms with Gasteiger partial charge >= 0.3 is 0 Å². The quantitative estimate of drug-likeness (QED) is 0.799. The minimum Gasteiger partial charge on any atom is -0.367 e. The van der Waals surface area contributed by atoms with E-state index in [1.54, 1.807) is 30.7 Å². The van der Waals surface area contributed by atoms with Gasteiger partial charge in [0.05, 0.1) is 11.8 Å². The highest BCUT2D eigenvalue weighted by atomic mass is 19.1. The lowest BCUT2D eigenvalue weighted by Crippen LogP contribution is -2.29. The summed E-state index contributed by atoms with van der Waals surface area (Å²) in [6, 6.07) is 5.87. The van der Waals surface area contributed by atoms with Crippen LogP contribution in [0.25, 0.3) is 0 Å². The molecule has 1 heterocycles. The number of amides is 1. The first kappa shape index (κ1) is 12.9. The van der Waals surface area contributed by atoms with Gasteiger partial charge in [-0.15, -0.1) is 0 Å². The molecule has 0 aliphatic heterocycles. The number of benzene rings is 1. The van der Waals surface area contributed by atoms with E-state index in [9.17, 15) is 9.18 Å². The van der Waals surface area contributed by atoms with Gasteiger partial charge in [0, 0.05) is 25.5 Å². The predicted octanol–water partition coefficient (Wildman–Crippen LogP) is 1.46. The van der Waals surface area contributed by atoms with Gasteiger partial charge in [0.25, 0.3) is 5.91 Å². The number of carbonyl (C=O) groups is 1. The summed E-state index contributed by atoms with van der Waals surface area (Å²) in [6.45, 7) is 0.850. The molecular formula is C13H13FN4O. The van der Waals surface area contributed by atoms with Crippen molar-refractivity contribution in [2.24, 2.45) is 0 Å². The number of rotatable bonds is 5. The molecule has 0 saturated heterocycles. The average molecular weight is 260 g/mol. The molecule has 19 heavy (non-hydrogen) atoms. The van der Waals surface area contributed by atoms with Gasteiger partial charge in [-0.05, 0) is 12.1 Å². The maximum absolute atomic E-state index is 13.3. The standard InChI is InChI=1S/C13H13FN4O/c14-11-4-2-1-3-10(11)13(19)18-8-7-17-12-9-15-5-6-16-12/h1-6,9H,7-8H2,(H,16,17)(H,18,19). The zero-order chi connectivity index (χ0) is 13.5. The van der Waals surface area contributed by atoms with Crippen LogP contribution in [-0.4, -0.2) is 29.0 Å². The lowest BCUT2D eigenvalue weighted by molar-refractivity contribution is 0.0951. The van der Waals surface area contributed by atoms with Crippen LogP contribution in [0.1, 0.15) is 10.4 Å². The molecule has 0 radical (unpaired) electrons. The van der Waals surface area contributed by atoms with Crippen molar-refractivity contribution in [1.29, 1.82) is 0 Å². The first-order valence-corrected chi connectivity index (χ1v) is 5.80. The second-order valence-electron chi connectivity index (χ2n) is 3.75. The largest absolute Gasteiger partial charge is 0.367 e. The molecule has 1 aromatic heterocycles. The Labute approximate surface area is 109 Å². The van der Waals surface area contributed by atoms with Crippen LogP contribution in [0.4, 0.5) is 10.2 Å². The Morgan fingerprint density at radius 3 is 2.79 bits per heavy atom. The highest BCUT2D eigenvalue weighted by Gasteiger charge is 2.09. The first-order valence-electron chi connectivity index (χ1n) is 5.80. The molecule has 0 aliphatic rings. The predicted molar refractivity (Wildman–Crippen MR) is 69.3 cm³/mol. The molecule has 0 spiro atoms. The van der Waals surface area contributed by atoms with Crippen molar-refractivity contribution in [2.45, 2.75) is 0 Å². The van der Waals surface area contributed by atoms with Gasteiger partial charge in [0.1, 0.15) is 11.6 Å². The fourth-order valence-corrected chi connectivity index (χ4v) is 1.50. The number of carbonyl (C=O) groups excluding carboxylic acids is 1. The van der Waals surface area contributed by atoms with E-state index < -0.39 is 11.7 Å². The Bertz CT molecular complexity index is 547. The number of hydrogen-bond acceptors (Lipinski definition) is 4. The van der Waals surface area contributed by atoms with E-state index in [0.717, 1.165) is 0 Å². The van der Waals surface area contributed by atoms with Crippen LogP contribution in [-0.2, 0) is 0 Å². The summed E-state index contributed by atoms with van der Waals surface area (Å²) in [5.41, 5.74) is 0.0435. The number of anilines is 1. The Morgan fingerprint density at radius 1 is 1.21 bits per heavy atom. The minimum atomic E-state index is -0.526. The molecule has 0 aliphatic carbocycles. The summed E-state index contributed by atoms with van der Waals surface area (Å²) in [6.07, 6.45) is 4.73. The van der Waals surface area contributed by atoms with E-state index in [1.807, 2.05) is 0 Å². The molecule has 2 rings (SSSR count). The number of nitrogens with one attached hydrogen (secondary N) is 2. The topological polar surface area (TPSA) is 66.9 Å².